The second-order valence-corrected chi connectivity index (χ2v) is 4.93. The third kappa shape index (κ3) is 13.5. The SMILES string of the molecule is CCCCCCCCCCCCCC(=O)OCO. The summed E-state index contributed by atoms with van der Waals surface area (Å²) in [7, 11) is 0. The molecule has 0 aromatic rings. The molecule has 0 aliphatic rings. The van der Waals surface area contributed by atoms with Crippen LogP contribution in [-0.2, 0) is 9.53 Å². The summed E-state index contributed by atoms with van der Waals surface area (Å²) >= 11 is 0. The molecule has 0 unspecified atom stereocenters. The zero-order chi connectivity index (χ0) is 13.5. The van der Waals surface area contributed by atoms with Crippen molar-refractivity contribution in [3.05, 3.63) is 0 Å². The van der Waals surface area contributed by atoms with Crippen molar-refractivity contribution in [2.75, 3.05) is 6.79 Å². The summed E-state index contributed by atoms with van der Waals surface area (Å²) < 4.78 is 4.45. The van der Waals surface area contributed by atoms with Gasteiger partial charge in [0.15, 0.2) is 6.79 Å². The number of ether oxygens (including phenoxy) is 1. The van der Waals surface area contributed by atoms with Crippen LogP contribution in [0.25, 0.3) is 0 Å². The summed E-state index contributed by atoms with van der Waals surface area (Å²) in [5.74, 6) is -0.284. The standard InChI is InChI=1S/C15H30O3/c1-2-3-4-5-6-7-8-9-10-11-12-13-15(17)18-14-16/h16H,2-14H2,1H3. The van der Waals surface area contributed by atoms with E-state index in [4.69, 9.17) is 5.11 Å². The monoisotopic (exact) mass is 258 g/mol. The first-order chi connectivity index (χ1) is 8.81. The van der Waals surface area contributed by atoms with Crippen LogP contribution in [0.5, 0.6) is 0 Å². The number of carbonyl (C=O) groups excluding carboxylic acids is 1. The maximum atomic E-state index is 10.9. The Morgan fingerprint density at radius 2 is 1.28 bits per heavy atom. The molecule has 18 heavy (non-hydrogen) atoms. The number of esters is 1. The van der Waals surface area contributed by atoms with Gasteiger partial charge in [-0.15, -0.1) is 0 Å². The minimum absolute atomic E-state index is 0.284. The van der Waals surface area contributed by atoms with Gasteiger partial charge in [0, 0.05) is 6.42 Å². The van der Waals surface area contributed by atoms with E-state index < -0.39 is 6.79 Å². The largest absolute Gasteiger partial charge is 0.439 e. The Bertz CT molecular complexity index is 181. The average molecular weight is 258 g/mol. The summed E-state index contributed by atoms with van der Waals surface area (Å²) in [6.07, 6.45) is 14.5. The average Bonchev–Trinajstić information content (AvgIpc) is 2.36. The number of rotatable bonds is 13. The number of carbonyl (C=O) groups is 1. The minimum Gasteiger partial charge on any atom is -0.439 e. The van der Waals surface area contributed by atoms with Crippen LogP contribution in [0.4, 0.5) is 0 Å². The van der Waals surface area contributed by atoms with Crippen LogP contribution in [-0.4, -0.2) is 17.9 Å². The second-order valence-electron chi connectivity index (χ2n) is 4.93. The first-order valence-corrected chi connectivity index (χ1v) is 7.57. The Hall–Kier alpha value is -0.570. The van der Waals surface area contributed by atoms with Crippen molar-refractivity contribution < 1.29 is 14.6 Å². The summed E-state index contributed by atoms with van der Waals surface area (Å²) in [5, 5.41) is 8.37. The van der Waals surface area contributed by atoms with Gasteiger partial charge in [-0.3, -0.25) is 4.79 Å². The quantitative estimate of drug-likeness (QED) is 0.306. The molecule has 0 saturated carbocycles. The first kappa shape index (κ1) is 17.4. The Morgan fingerprint density at radius 3 is 1.72 bits per heavy atom. The highest BCUT2D eigenvalue weighted by Crippen LogP contribution is 2.11. The molecule has 108 valence electrons. The molecule has 0 aliphatic carbocycles. The molecule has 3 heteroatoms. The lowest BCUT2D eigenvalue weighted by Crippen LogP contribution is -2.04. The molecule has 0 aliphatic heterocycles. The minimum atomic E-state index is -0.489. The second kappa shape index (κ2) is 14.5. The normalized spacial score (nSPS) is 10.6. The molecular formula is C15H30O3. The number of aliphatic hydroxyl groups excluding tert-OH is 1. The molecule has 0 spiro atoms. The Labute approximate surface area is 112 Å². The Morgan fingerprint density at radius 1 is 0.833 bits per heavy atom. The lowest BCUT2D eigenvalue weighted by atomic mass is 10.1. The van der Waals surface area contributed by atoms with Gasteiger partial charge in [0.2, 0.25) is 0 Å². The third-order valence-corrected chi connectivity index (χ3v) is 3.21. The predicted octanol–water partition coefficient (Wildman–Crippen LogP) is 4.18. The van der Waals surface area contributed by atoms with Crippen molar-refractivity contribution in [3.63, 3.8) is 0 Å². The van der Waals surface area contributed by atoms with Crippen molar-refractivity contribution in [1.29, 1.82) is 0 Å². The predicted molar refractivity (Wildman–Crippen MR) is 74.3 cm³/mol. The number of unbranched alkanes of at least 4 members (excludes halogenated alkanes) is 10. The van der Waals surface area contributed by atoms with Crippen LogP contribution < -0.4 is 0 Å². The van der Waals surface area contributed by atoms with Crippen LogP contribution >= 0.6 is 0 Å². The molecule has 0 atom stereocenters. The first-order valence-electron chi connectivity index (χ1n) is 7.57. The molecule has 0 fully saturated rings. The molecule has 0 bridgehead atoms. The lowest BCUT2D eigenvalue weighted by molar-refractivity contribution is -0.151. The number of hydrogen-bond donors (Lipinski definition) is 1. The smallest absolute Gasteiger partial charge is 0.307 e. The fourth-order valence-electron chi connectivity index (χ4n) is 2.08. The fraction of sp³-hybridized carbons (Fsp3) is 0.933. The lowest BCUT2D eigenvalue weighted by Gasteiger charge is -2.02. The summed E-state index contributed by atoms with van der Waals surface area (Å²) in [6.45, 7) is 1.76. The van der Waals surface area contributed by atoms with E-state index in [-0.39, 0.29) is 5.97 Å². The van der Waals surface area contributed by atoms with E-state index in [0.29, 0.717) is 6.42 Å². The van der Waals surface area contributed by atoms with E-state index in [9.17, 15) is 4.79 Å². The topological polar surface area (TPSA) is 46.5 Å². The Kier molecular flexibility index (Phi) is 14.0. The van der Waals surface area contributed by atoms with E-state index >= 15 is 0 Å². The molecule has 3 nitrogen and oxygen atoms in total. The maximum Gasteiger partial charge on any atom is 0.307 e. The van der Waals surface area contributed by atoms with Gasteiger partial charge in [-0.2, -0.15) is 0 Å². The number of aliphatic hydroxyl groups is 1. The van der Waals surface area contributed by atoms with Gasteiger partial charge in [-0.25, -0.2) is 0 Å². The molecule has 0 aromatic heterocycles. The molecule has 0 saturated heterocycles. The van der Waals surface area contributed by atoms with Crippen molar-refractivity contribution in [2.45, 2.75) is 84.0 Å². The van der Waals surface area contributed by atoms with Gasteiger partial charge in [0.1, 0.15) is 0 Å². The Balaban J connectivity index is 3.01. The van der Waals surface area contributed by atoms with Gasteiger partial charge < -0.3 is 9.84 Å². The summed E-state index contributed by atoms with van der Waals surface area (Å²) in [4.78, 5) is 10.9. The van der Waals surface area contributed by atoms with Gasteiger partial charge in [-0.05, 0) is 6.42 Å². The van der Waals surface area contributed by atoms with Crippen molar-refractivity contribution in [2.24, 2.45) is 0 Å². The van der Waals surface area contributed by atoms with Gasteiger partial charge in [-0.1, -0.05) is 71.1 Å². The van der Waals surface area contributed by atoms with Gasteiger partial charge in [0.25, 0.3) is 0 Å². The highest BCUT2D eigenvalue weighted by molar-refractivity contribution is 5.69. The van der Waals surface area contributed by atoms with Crippen LogP contribution in [0.2, 0.25) is 0 Å². The van der Waals surface area contributed by atoms with Gasteiger partial charge in [0.05, 0.1) is 0 Å². The van der Waals surface area contributed by atoms with Crippen molar-refractivity contribution in [1.82, 2.24) is 0 Å². The highest BCUT2D eigenvalue weighted by Gasteiger charge is 2.00. The fourth-order valence-corrected chi connectivity index (χ4v) is 2.08. The molecule has 0 radical (unpaired) electrons. The van der Waals surface area contributed by atoms with Gasteiger partial charge >= 0.3 is 5.97 Å². The zero-order valence-corrected chi connectivity index (χ0v) is 12.0. The van der Waals surface area contributed by atoms with E-state index in [1.807, 2.05) is 0 Å². The molecule has 0 aromatic carbocycles. The highest BCUT2D eigenvalue weighted by atomic mass is 16.6. The van der Waals surface area contributed by atoms with Crippen LogP contribution in [0.1, 0.15) is 84.0 Å². The van der Waals surface area contributed by atoms with Crippen LogP contribution in [0.3, 0.4) is 0 Å². The molecule has 1 N–H and O–H groups in total. The summed E-state index contributed by atoms with van der Waals surface area (Å²) in [5.41, 5.74) is 0. The van der Waals surface area contributed by atoms with E-state index in [1.165, 1.54) is 57.8 Å². The molecule has 0 heterocycles. The van der Waals surface area contributed by atoms with E-state index in [1.54, 1.807) is 0 Å². The van der Waals surface area contributed by atoms with E-state index in [0.717, 1.165) is 12.8 Å². The maximum absolute atomic E-state index is 10.9. The zero-order valence-electron chi connectivity index (χ0n) is 12.0. The molecule has 0 amide bonds. The van der Waals surface area contributed by atoms with Crippen LogP contribution in [0, 0.1) is 0 Å². The van der Waals surface area contributed by atoms with Crippen LogP contribution in [0.15, 0.2) is 0 Å². The summed E-state index contributed by atoms with van der Waals surface area (Å²) in [6, 6.07) is 0. The molecular weight excluding hydrogens is 228 g/mol. The van der Waals surface area contributed by atoms with Crippen molar-refractivity contribution in [3.8, 4) is 0 Å². The molecule has 0 rings (SSSR count). The number of hydrogen-bond acceptors (Lipinski definition) is 3. The third-order valence-electron chi connectivity index (χ3n) is 3.21. The van der Waals surface area contributed by atoms with Crippen molar-refractivity contribution >= 4 is 5.97 Å². The van der Waals surface area contributed by atoms with E-state index in [2.05, 4.69) is 11.7 Å².